The molecule has 1 aliphatic rings. The lowest BCUT2D eigenvalue weighted by molar-refractivity contribution is -0.125. The number of ether oxygens (including phenoxy) is 2. The van der Waals surface area contributed by atoms with Gasteiger partial charge in [0.2, 0.25) is 5.91 Å². The molecule has 0 aliphatic heterocycles. The first kappa shape index (κ1) is 20.2. The predicted octanol–water partition coefficient (Wildman–Crippen LogP) is 3.97. The molecule has 1 saturated carbocycles. The van der Waals surface area contributed by atoms with Crippen LogP contribution in [0.25, 0.3) is 0 Å². The molecular weight excluding hydrogens is 352 g/mol. The summed E-state index contributed by atoms with van der Waals surface area (Å²) in [6, 6.07) is 15.2. The van der Waals surface area contributed by atoms with E-state index in [2.05, 4.69) is 5.32 Å². The standard InChI is InChI=1S/C23H30N2O3/c1-16(22(24)18-8-4-3-5-9-18)23(26)25-15-17-12-13-20(27-2)21(14-17)28-19-10-6-7-11-19/h3-5,8-9,12-14,16,19,22H,6-7,10-11,15,24H2,1-2H3,(H,25,26). The van der Waals surface area contributed by atoms with Gasteiger partial charge in [-0.05, 0) is 48.9 Å². The molecule has 0 saturated heterocycles. The van der Waals surface area contributed by atoms with E-state index in [4.69, 9.17) is 15.2 Å². The number of hydrogen-bond acceptors (Lipinski definition) is 4. The van der Waals surface area contributed by atoms with Crippen LogP contribution in [0, 0.1) is 5.92 Å². The van der Waals surface area contributed by atoms with Crippen LogP contribution in [0.2, 0.25) is 0 Å². The molecule has 5 nitrogen and oxygen atoms in total. The molecule has 0 heterocycles. The smallest absolute Gasteiger partial charge is 0.225 e. The zero-order valence-electron chi connectivity index (χ0n) is 16.7. The summed E-state index contributed by atoms with van der Waals surface area (Å²) in [5.74, 6) is 1.08. The van der Waals surface area contributed by atoms with Crippen molar-refractivity contribution in [2.24, 2.45) is 11.7 Å². The Morgan fingerprint density at radius 2 is 1.86 bits per heavy atom. The van der Waals surface area contributed by atoms with Crippen LogP contribution in [0.3, 0.4) is 0 Å². The van der Waals surface area contributed by atoms with E-state index in [-0.39, 0.29) is 24.0 Å². The number of carbonyl (C=O) groups excluding carboxylic acids is 1. The summed E-state index contributed by atoms with van der Waals surface area (Å²) in [5.41, 5.74) is 8.20. The molecule has 0 aromatic heterocycles. The van der Waals surface area contributed by atoms with Crippen LogP contribution in [0.5, 0.6) is 11.5 Å². The Morgan fingerprint density at radius 1 is 1.14 bits per heavy atom. The third kappa shape index (κ3) is 5.04. The van der Waals surface area contributed by atoms with Gasteiger partial charge < -0.3 is 20.5 Å². The monoisotopic (exact) mass is 382 g/mol. The molecule has 150 valence electrons. The molecule has 2 atom stereocenters. The fourth-order valence-electron chi connectivity index (χ4n) is 3.59. The van der Waals surface area contributed by atoms with Crippen molar-refractivity contribution in [2.45, 2.75) is 51.3 Å². The van der Waals surface area contributed by atoms with E-state index in [9.17, 15) is 4.79 Å². The second-order valence-electron chi connectivity index (χ2n) is 7.45. The lowest BCUT2D eigenvalue weighted by Crippen LogP contribution is -2.35. The van der Waals surface area contributed by atoms with Crippen molar-refractivity contribution in [3.63, 3.8) is 0 Å². The SMILES string of the molecule is COc1ccc(CNC(=O)C(C)C(N)c2ccccc2)cc1OC1CCCC1. The highest BCUT2D eigenvalue weighted by Crippen LogP contribution is 2.32. The van der Waals surface area contributed by atoms with Crippen molar-refractivity contribution >= 4 is 5.91 Å². The number of nitrogens with one attached hydrogen (secondary N) is 1. The van der Waals surface area contributed by atoms with Gasteiger partial charge in [0.1, 0.15) is 0 Å². The first-order valence-corrected chi connectivity index (χ1v) is 10.0. The molecule has 0 radical (unpaired) electrons. The Balaban J connectivity index is 1.60. The van der Waals surface area contributed by atoms with Crippen molar-refractivity contribution in [1.29, 1.82) is 0 Å². The van der Waals surface area contributed by atoms with Crippen molar-refractivity contribution in [3.8, 4) is 11.5 Å². The van der Waals surface area contributed by atoms with E-state index < -0.39 is 0 Å². The molecule has 2 aromatic rings. The maximum atomic E-state index is 12.6. The lowest BCUT2D eigenvalue weighted by Gasteiger charge is -2.20. The van der Waals surface area contributed by atoms with E-state index in [0.29, 0.717) is 6.54 Å². The third-order valence-corrected chi connectivity index (χ3v) is 5.43. The highest BCUT2D eigenvalue weighted by atomic mass is 16.5. The van der Waals surface area contributed by atoms with Gasteiger partial charge in [-0.15, -0.1) is 0 Å². The molecular formula is C23H30N2O3. The first-order chi connectivity index (χ1) is 13.6. The van der Waals surface area contributed by atoms with Crippen molar-refractivity contribution in [2.75, 3.05) is 7.11 Å². The van der Waals surface area contributed by atoms with Crippen molar-refractivity contribution < 1.29 is 14.3 Å². The average molecular weight is 383 g/mol. The molecule has 2 aromatic carbocycles. The van der Waals surface area contributed by atoms with Gasteiger partial charge in [-0.3, -0.25) is 4.79 Å². The second kappa shape index (κ2) is 9.60. The van der Waals surface area contributed by atoms with Crippen LogP contribution in [-0.2, 0) is 11.3 Å². The van der Waals surface area contributed by atoms with Gasteiger partial charge in [0.25, 0.3) is 0 Å². The molecule has 2 unspecified atom stereocenters. The Hall–Kier alpha value is -2.53. The molecule has 5 heteroatoms. The summed E-state index contributed by atoms with van der Waals surface area (Å²) in [5, 5.41) is 2.99. The summed E-state index contributed by atoms with van der Waals surface area (Å²) < 4.78 is 11.6. The largest absolute Gasteiger partial charge is 0.493 e. The maximum Gasteiger partial charge on any atom is 0.225 e. The Morgan fingerprint density at radius 3 is 2.54 bits per heavy atom. The first-order valence-electron chi connectivity index (χ1n) is 10.0. The predicted molar refractivity (Wildman–Crippen MR) is 110 cm³/mol. The second-order valence-corrected chi connectivity index (χ2v) is 7.45. The number of nitrogens with two attached hydrogens (primary N) is 1. The van der Waals surface area contributed by atoms with E-state index in [1.54, 1.807) is 7.11 Å². The third-order valence-electron chi connectivity index (χ3n) is 5.43. The minimum Gasteiger partial charge on any atom is -0.493 e. The number of methoxy groups -OCH3 is 1. The number of carbonyl (C=O) groups is 1. The van der Waals surface area contributed by atoms with Gasteiger partial charge in [0.15, 0.2) is 11.5 Å². The fourth-order valence-corrected chi connectivity index (χ4v) is 3.59. The molecule has 28 heavy (non-hydrogen) atoms. The Bertz CT molecular complexity index is 773. The quantitative estimate of drug-likeness (QED) is 0.724. The van der Waals surface area contributed by atoms with Crippen LogP contribution >= 0.6 is 0 Å². The zero-order chi connectivity index (χ0) is 19.9. The topological polar surface area (TPSA) is 73.6 Å². The van der Waals surface area contributed by atoms with Gasteiger partial charge in [0.05, 0.1) is 19.1 Å². The van der Waals surface area contributed by atoms with E-state index in [1.165, 1.54) is 12.8 Å². The van der Waals surface area contributed by atoms with E-state index in [0.717, 1.165) is 35.5 Å². The highest BCUT2D eigenvalue weighted by molar-refractivity contribution is 5.79. The highest BCUT2D eigenvalue weighted by Gasteiger charge is 2.22. The summed E-state index contributed by atoms with van der Waals surface area (Å²) in [6.45, 7) is 2.28. The molecule has 0 spiro atoms. The fraction of sp³-hybridized carbons (Fsp3) is 0.435. The number of rotatable bonds is 8. The molecule has 1 amide bonds. The summed E-state index contributed by atoms with van der Waals surface area (Å²) in [7, 11) is 1.64. The molecule has 3 N–H and O–H groups in total. The maximum absolute atomic E-state index is 12.6. The van der Waals surface area contributed by atoms with Gasteiger partial charge in [-0.1, -0.05) is 43.3 Å². The van der Waals surface area contributed by atoms with Crippen LogP contribution in [0.1, 0.15) is 49.8 Å². The summed E-state index contributed by atoms with van der Waals surface area (Å²) in [4.78, 5) is 12.6. The van der Waals surface area contributed by atoms with E-state index >= 15 is 0 Å². The normalized spacial score (nSPS) is 16.4. The van der Waals surface area contributed by atoms with Crippen LogP contribution in [0.4, 0.5) is 0 Å². The van der Waals surface area contributed by atoms with Gasteiger partial charge in [-0.25, -0.2) is 0 Å². The molecule has 3 rings (SSSR count). The van der Waals surface area contributed by atoms with Gasteiger partial charge in [-0.2, -0.15) is 0 Å². The molecule has 1 fully saturated rings. The number of hydrogen-bond donors (Lipinski definition) is 2. The number of benzene rings is 2. The van der Waals surface area contributed by atoms with Crippen LogP contribution < -0.4 is 20.5 Å². The summed E-state index contributed by atoms with van der Waals surface area (Å²) in [6.07, 6.45) is 4.84. The summed E-state index contributed by atoms with van der Waals surface area (Å²) >= 11 is 0. The van der Waals surface area contributed by atoms with Crippen molar-refractivity contribution in [3.05, 3.63) is 59.7 Å². The average Bonchev–Trinajstić information content (AvgIpc) is 3.24. The molecule has 1 aliphatic carbocycles. The Kier molecular flexibility index (Phi) is 6.93. The van der Waals surface area contributed by atoms with Crippen LogP contribution in [-0.4, -0.2) is 19.1 Å². The van der Waals surface area contributed by atoms with Crippen molar-refractivity contribution in [1.82, 2.24) is 5.32 Å². The lowest BCUT2D eigenvalue weighted by atomic mass is 9.94. The molecule has 0 bridgehead atoms. The zero-order valence-corrected chi connectivity index (χ0v) is 16.7. The van der Waals surface area contributed by atoms with Crippen LogP contribution in [0.15, 0.2) is 48.5 Å². The van der Waals surface area contributed by atoms with Gasteiger partial charge >= 0.3 is 0 Å². The Labute approximate surface area is 167 Å². The minimum absolute atomic E-state index is 0.0644. The van der Waals surface area contributed by atoms with Gasteiger partial charge in [0, 0.05) is 12.6 Å². The minimum atomic E-state index is -0.335. The van der Waals surface area contributed by atoms with E-state index in [1.807, 2.05) is 55.5 Å². The number of amides is 1.